The van der Waals surface area contributed by atoms with Crippen LogP contribution >= 0.6 is 0 Å². The monoisotopic (exact) mass is 412 g/mol. The van der Waals surface area contributed by atoms with Crippen molar-refractivity contribution in [1.82, 2.24) is 0 Å². The van der Waals surface area contributed by atoms with Gasteiger partial charge < -0.3 is 0 Å². The van der Waals surface area contributed by atoms with Gasteiger partial charge in [-0.1, -0.05) is 0 Å². The molecule has 0 spiro atoms. The second kappa shape index (κ2) is 7.09. The molecular weight excluding hydrogens is 377 g/mol. The first kappa shape index (κ1) is 20.4. The molecule has 0 amide bonds. The van der Waals surface area contributed by atoms with Crippen molar-refractivity contribution in [1.29, 1.82) is 0 Å². The molecule has 0 saturated heterocycles. The fourth-order valence-electron chi connectivity index (χ4n) is 4.64. The van der Waals surface area contributed by atoms with Gasteiger partial charge in [0.2, 0.25) is 0 Å². The predicted octanol–water partition coefficient (Wildman–Crippen LogP) is 5.61. The van der Waals surface area contributed by atoms with Gasteiger partial charge >= 0.3 is 148 Å². The molecule has 22 heavy (non-hydrogen) atoms. The SMILES string of the molecule is C[Si](C)(C)[C]([Ge][O]Cc1ccccc1)([Si](C)(C)C)[Si](C)(C)C. The Labute approximate surface area is 148 Å². The molecule has 0 atom stereocenters. The molecule has 0 heterocycles. The summed E-state index contributed by atoms with van der Waals surface area (Å²) < 4.78 is 7.11. The molecule has 0 aromatic heterocycles. The summed E-state index contributed by atoms with van der Waals surface area (Å²) in [7, 11) is -3.88. The normalized spacial score (nSPS) is 14.2. The van der Waals surface area contributed by atoms with Crippen LogP contribution in [0.15, 0.2) is 30.3 Å². The summed E-state index contributed by atoms with van der Waals surface area (Å²) in [6.45, 7) is 24.2. The Bertz CT molecular complexity index is 433. The second-order valence-corrected chi connectivity index (χ2v) is 32.4. The van der Waals surface area contributed by atoms with Gasteiger partial charge in [0.15, 0.2) is 0 Å². The van der Waals surface area contributed by atoms with Crippen molar-refractivity contribution < 1.29 is 3.76 Å². The van der Waals surface area contributed by atoms with Crippen LogP contribution in [-0.4, -0.2) is 40.0 Å². The zero-order valence-electron chi connectivity index (χ0n) is 16.0. The van der Waals surface area contributed by atoms with Crippen LogP contribution in [0.4, 0.5) is 0 Å². The quantitative estimate of drug-likeness (QED) is 0.530. The molecule has 1 rings (SSSR count). The maximum absolute atomic E-state index is 6.49. The van der Waals surface area contributed by atoms with E-state index in [1.54, 1.807) is 0 Å². The van der Waals surface area contributed by atoms with Gasteiger partial charge in [-0.15, -0.1) is 0 Å². The Morgan fingerprint density at radius 1 is 0.773 bits per heavy atom. The average Bonchev–Trinajstić information content (AvgIpc) is 2.31. The minimum absolute atomic E-state index is 0.401. The summed E-state index contributed by atoms with van der Waals surface area (Å²) in [6.07, 6.45) is 0. The van der Waals surface area contributed by atoms with Crippen LogP contribution < -0.4 is 0 Å². The summed E-state index contributed by atoms with van der Waals surface area (Å²) in [5.41, 5.74) is 1.32. The van der Waals surface area contributed by atoms with E-state index in [0.717, 1.165) is 6.61 Å². The molecule has 0 aliphatic heterocycles. The fraction of sp³-hybridized carbons (Fsp3) is 0.647. The Hall–Kier alpha value is 0.374. The number of hydrogen-bond acceptors (Lipinski definition) is 1. The van der Waals surface area contributed by atoms with Crippen molar-refractivity contribution in [3.05, 3.63) is 35.9 Å². The Balaban J connectivity index is 3.06. The van der Waals surface area contributed by atoms with Crippen LogP contribution in [0.2, 0.25) is 62.0 Å². The van der Waals surface area contributed by atoms with Gasteiger partial charge in [-0.25, -0.2) is 0 Å². The zero-order valence-corrected chi connectivity index (χ0v) is 21.1. The van der Waals surface area contributed by atoms with E-state index in [1.807, 2.05) is 0 Å². The van der Waals surface area contributed by atoms with Crippen molar-refractivity contribution >= 4 is 40.0 Å². The van der Waals surface area contributed by atoms with E-state index in [0.29, 0.717) is 3.12 Å². The van der Waals surface area contributed by atoms with Crippen LogP contribution in [-0.2, 0) is 10.4 Å². The molecule has 1 aromatic rings. The topological polar surface area (TPSA) is 9.23 Å². The molecule has 124 valence electrons. The first-order valence-corrected chi connectivity index (χ1v) is 20.7. The summed E-state index contributed by atoms with van der Waals surface area (Å²) in [5.74, 6) is 0. The molecule has 1 aromatic carbocycles. The Morgan fingerprint density at radius 3 is 1.55 bits per heavy atom. The fourth-order valence-corrected chi connectivity index (χ4v) is 40.4. The van der Waals surface area contributed by atoms with Gasteiger partial charge in [-0.3, -0.25) is 0 Å². The van der Waals surface area contributed by atoms with Crippen molar-refractivity contribution in [2.75, 3.05) is 0 Å². The molecule has 0 bridgehead atoms. The van der Waals surface area contributed by atoms with Gasteiger partial charge in [-0.05, 0) is 0 Å². The summed E-state index contributed by atoms with van der Waals surface area (Å²) in [5, 5.41) is 0. The molecule has 0 aliphatic rings. The van der Waals surface area contributed by atoms with Crippen LogP contribution in [0.25, 0.3) is 0 Å². The molecule has 0 N–H and O–H groups in total. The Kier molecular flexibility index (Phi) is 6.58. The average molecular weight is 411 g/mol. The van der Waals surface area contributed by atoms with Gasteiger partial charge in [-0.2, -0.15) is 0 Å². The summed E-state index contributed by atoms with van der Waals surface area (Å²) in [6, 6.07) is 10.7. The van der Waals surface area contributed by atoms with Crippen molar-refractivity contribution in [2.24, 2.45) is 0 Å². The third-order valence-corrected chi connectivity index (χ3v) is 41.9. The summed E-state index contributed by atoms with van der Waals surface area (Å²) in [4.78, 5) is 0. The predicted molar refractivity (Wildman–Crippen MR) is 110 cm³/mol. The van der Waals surface area contributed by atoms with E-state index in [9.17, 15) is 0 Å². The van der Waals surface area contributed by atoms with Gasteiger partial charge in [0.25, 0.3) is 0 Å². The molecule has 0 unspecified atom stereocenters. The van der Waals surface area contributed by atoms with Crippen LogP contribution in [0.5, 0.6) is 0 Å². The number of hydrogen-bond donors (Lipinski definition) is 0. The molecule has 2 radical (unpaired) electrons. The van der Waals surface area contributed by atoms with E-state index in [2.05, 4.69) is 89.3 Å². The van der Waals surface area contributed by atoms with Gasteiger partial charge in [0.05, 0.1) is 0 Å². The first-order chi connectivity index (χ1) is 9.83. The minimum atomic E-state index is -1.29. The van der Waals surface area contributed by atoms with E-state index < -0.39 is 40.0 Å². The molecule has 0 saturated carbocycles. The first-order valence-electron chi connectivity index (χ1n) is 8.26. The standard InChI is InChI=1S/C17H34GeOSi3/c1-20(2,3)17(21(4,5)6,22(7,8)9)18-19-15-16-13-11-10-12-14-16/h10-14H,15H2,1-9H3. The van der Waals surface area contributed by atoms with Crippen molar-refractivity contribution in [3.8, 4) is 0 Å². The number of rotatable bonds is 7. The third-order valence-electron chi connectivity index (χ3n) is 4.68. The zero-order chi connectivity index (χ0) is 17.2. The van der Waals surface area contributed by atoms with Gasteiger partial charge in [0, 0.05) is 0 Å². The van der Waals surface area contributed by atoms with E-state index >= 15 is 0 Å². The molecule has 5 heteroatoms. The molecule has 1 nitrogen and oxygen atoms in total. The van der Waals surface area contributed by atoms with Gasteiger partial charge in [0.1, 0.15) is 0 Å². The van der Waals surface area contributed by atoms with Crippen LogP contribution in [0.1, 0.15) is 5.56 Å². The van der Waals surface area contributed by atoms with E-state index in [4.69, 9.17) is 3.76 Å². The number of benzene rings is 1. The van der Waals surface area contributed by atoms with E-state index in [-0.39, 0.29) is 0 Å². The molecule has 0 fully saturated rings. The second-order valence-electron chi connectivity index (χ2n) is 9.38. The maximum atomic E-state index is 6.49. The third kappa shape index (κ3) is 4.26. The molecular formula is C17H34GeOSi3. The Morgan fingerprint density at radius 2 is 1.18 bits per heavy atom. The van der Waals surface area contributed by atoms with Crippen molar-refractivity contribution in [2.45, 2.75) is 68.6 Å². The summed E-state index contributed by atoms with van der Waals surface area (Å²) >= 11 is -0.401. The van der Waals surface area contributed by atoms with E-state index in [1.165, 1.54) is 5.56 Å². The van der Waals surface area contributed by atoms with Crippen LogP contribution in [0.3, 0.4) is 0 Å². The van der Waals surface area contributed by atoms with Crippen LogP contribution in [0, 0.1) is 0 Å². The van der Waals surface area contributed by atoms with Crippen molar-refractivity contribution in [3.63, 3.8) is 0 Å². The molecule has 0 aliphatic carbocycles.